The summed E-state index contributed by atoms with van der Waals surface area (Å²) in [4.78, 5) is 22.8. The first kappa shape index (κ1) is 11.6. The molecule has 1 aromatic carbocycles. The highest BCUT2D eigenvalue weighted by atomic mass is 16.2. The molecule has 1 heterocycles. The zero-order valence-electron chi connectivity index (χ0n) is 10.3. The van der Waals surface area contributed by atoms with E-state index in [2.05, 4.69) is 24.5 Å². The van der Waals surface area contributed by atoms with Gasteiger partial charge in [0.15, 0.2) is 0 Å². The van der Waals surface area contributed by atoms with Gasteiger partial charge in [-0.15, -0.1) is 0 Å². The van der Waals surface area contributed by atoms with Gasteiger partial charge in [0.2, 0.25) is 5.91 Å². The van der Waals surface area contributed by atoms with E-state index in [4.69, 9.17) is 0 Å². The second-order valence-corrected chi connectivity index (χ2v) is 5.01. The number of hydrogen-bond acceptors (Lipinski definition) is 2. The molecule has 1 aliphatic rings. The van der Waals surface area contributed by atoms with Gasteiger partial charge in [-0.2, -0.15) is 0 Å². The molecule has 0 atom stereocenters. The molecule has 1 aliphatic heterocycles. The SMILES string of the molecule is CC(=O)Nc1ccc2c(c1)C(=O)NCC2(C)C. The van der Waals surface area contributed by atoms with Gasteiger partial charge >= 0.3 is 0 Å². The molecule has 0 radical (unpaired) electrons. The predicted molar refractivity (Wildman–Crippen MR) is 66.1 cm³/mol. The summed E-state index contributed by atoms with van der Waals surface area (Å²) < 4.78 is 0. The van der Waals surface area contributed by atoms with Crippen molar-refractivity contribution in [3.63, 3.8) is 0 Å². The molecule has 2 N–H and O–H groups in total. The molecule has 0 aliphatic carbocycles. The maximum atomic E-state index is 11.8. The van der Waals surface area contributed by atoms with Crippen LogP contribution in [0.2, 0.25) is 0 Å². The lowest BCUT2D eigenvalue weighted by Crippen LogP contribution is -2.43. The normalized spacial score (nSPS) is 17.0. The Labute approximate surface area is 100 Å². The summed E-state index contributed by atoms with van der Waals surface area (Å²) in [6, 6.07) is 5.48. The van der Waals surface area contributed by atoms with Crippen molar-refractivity contribution in [2.24, 2.45) is 0 Å². The van der Waals surface area contributed by atoms with Crippen molar-refractivity contribution in [2.45, 2.75) is 26.2 Å². The van der Waals surface area contributed by atoms with Crippen LogP contribution in [0.25, 0.3) is 0 Å². The van der Waals surface area contributed by atoms with Crippen LogP contribution in [0.4, 0.5) is 5.69 Å². The van der Waals surface area contributed by atoms with Crippen molar-refractivity contribution >= 4 is 17.5 Å². The third-order valence-corrected chi connectivity index (χ3v) is 3.00. The Morgan fingerprint density at radius 2 is 2.12 bits per heavy atom. The highest BCUT2D eigenvalue weighted by Crippen LogP contribution is 2.31. The van der Waals surface area contributed by atoms with Crippen LogP contribution in [0, 0.1) is 0 Å². The van der Waals surface area contributed by atoms with Crippen molar-refractivity contribution in [3.05, 3.63) is 29.3 Å². The topological polar surface area (TPSA) is 58.2 Å². The fraction of sp³-hybridized carbons (Fsp3) is 0.385. The highest BCUT2D eigenvalue weighted by Gasteiger charge is 2.31. The largest absolute Gasteiger partial charge is 0.351 e. The monoisotopic (exact) mass is 232 g/mol. The van der Waals surface area contributed by atoms with Gasteiger partial charge in [-0.25, -0.2) is 0 Å². The Morgan fingerprint density at radius 1 is 1.41 bits per heavy atom. The van der Waals surface area contributed by atoms with E-state index < -0.39 is 0 Å². The van der Waals surface area contributed by atoms with Crippen LogP contribution in [0.15, 0.2) is 18.2 Å². The van der Waals surface area contributed by atoms with Crippen LogP contribution in [0.5, 0.6) is 0 Å². The summed E-state index contributed by atoms with van der Waals surface area (Å²) in [6.45, 7) is 6.26. The molecular weight excluding hydrogens is 216 g/mol. The van der Waals surface area contributed by atoms with E-state index in [1.807, 2.05) is 12.1 Å². The van der Waals surface area contributed by atoms with Gasteiger partial charge in [-0.05, 0) is 17.7 Å². The van der Waals surface area contributed by atoms with Crippen LogP contribution in [-0.4, -0.2) is 18.4 Å². The quantitative estimate of drug-likeness (QED) is 0.773. The third-order valence-electron chi connectivity index (χ3n) is 3.00. The van der Waals surface area contributed by atoms with Crippen molar-refractivity contribution in [1.29, 1.82) is 0 Å². The zero-order chi connectivity index (χ0) is 12.6. The first-order valence-corrected chi connectivity index (χ1v) is 5.60. The maximum Gasteiger partial charge on any atom is 0.251 e. The van der Waals surface area contributed by atoms with E-state index in [1.54, 1.807) is 6.07 Å². The first-order chi connectivity index (χ1) is 7.90. The Balaban J connectivity index is 2.46. The van der Waals surface area contributed by atoms with E-state index in [0.717, 1.165) is 5.56 Å². The molecule has 0 fully saturated rings. The van der Waals surface area contributed by atoms with E-state index in [0.29, 0.717) is 17.8 Å². The van der Waals surface area contributed by atoms with E-state index >= 15 is 0 Å². The number of amides is 2. The fourth-order valence-corrected chi connectivity index (χ4v) is 2.09. The minimum absolute atomic E-state index is 0.0714. The molecule has 90 valence electrons. The molecule has 0 aromatic heterocycles. The summed E-state index contributed by atoms with van der Waals surface area (Å²) in [5, 5.41) is 5.54. The first-order valence-electron chi connectivity index (χ1n) is 5.60. The zero-order valence-corrected chi connectivity index (χ0v) is 10.3. The maximum absolute atomic E-state index is 11.8. The Kier molecular flexibility index (Phi) is 2.65. The van der Waals surface area contributed by atoms with Crippen molar-refractivity contribution in [1.82, 2.24) is 5.32 Å². The molecule has 4 heteroatoms. The molecule has 0 saturated heterocycles. The van der Waals surface area contributed by atoms with Gasteiger partial charge in [0.25, 0.3) is 5.91 Å². The highest BCUT2D eigenvalue weighted by molar-refractivity contribution is 5.99. The van der Waals surface area contributed by atoms with Crippen LogP contribution < -0.4 is 10.6 Å². The molecule has 17 heavy (non-hydrogen) atoms. The molecule has 0 spiro atoms. The van der Waals surface area contributed by atoms with Gasteiger partial charge in [0, 0.05) is 30.1 Å². The summed E-state index contributed by atoms with van der Waals surface area (Å²) in [6.07, 6.45) is 0. The lowest BCUT2D eigenvalue weighted by molar-refractivity contribution is -0.114. The number of hydrogen-bond donors (Lipinski definition) is 2. The fourth-order valence-electron chi connectivity index (χ4n) is 2.09. The van der Waals surface area contributed by atoms with Gasteiger partial charge < -0.3 is 10.6 Å². The van der Waals surface area contributed by atoms with Gasteiger partial charge in [-0.1, -0.05) is 19.9 Å². The number of nitrogens with one attached hydrogen (secondary N) is 2. The van der Waals surface area contributed by atoms with Gasteiger partial charge in [-0.3, -0.25) is 9.59 Å². The van der Waals surface area contributed by atoms with Crippen LogP contribution in [0.1, 0.15) is 36.7 Å². The number of benzene rings is 1. The summed E-state index contributed by atoms with van der Waals surface area (Å²) in [7, 11) is 0. The standard InChI is InChI=1S/C13H16N2O2/c1-8(16)15-9-4-5-11-10(6-9)12(17)14-7-13(11,2)3/h4-6H,7H2,1-3H3,(H,14,17)(H,15,16). The molecule has 0 saturated carbocycles. The predicted octanol–water partition coefficient (Wildman–Crippen LogP) is 1.67. The summed E-state index contributed by atoms with van der Waals surface area (Å²) >= 11 is 0. The Hall–Kier alpha value is -1.84. The summed E-state index contributed by atoms with van der Waals surface area (Å²) in [5.41, 5.74) is 2.25. The minimum atomic E-state index is -0.138. The van der Waals surface area contributed by atoms with Gasteiger partial charge in [0.1, 0.15) is 0 Å². The molecular formula is C13H16N2O2. The lowest BCUT2D eigenvalue weighted by Gasteiger charge is -2.32. The molecule has 2 amide bonds. The van der Waals surface area contributed by atoms with Crippen LogP contribution >= 0.6 is 0 Å². The second-order valence-electron chi connectivity index (χ2n) is 5.01. The Bertz CT molecular complexity index is 492. The van der Waals surface area contributed by atoms with E-state index in [-0.39, 0.29) is 17.2 Å². The molecule has 4 nitrogen and oxygen atoms in total. The van der Waals surface area contributed by atoms with E-state index in [9.17, 15) is 9.59 Å². The second kappa shape index (κ2) is 3.87. The molecule has 0 bridgehead atoms. The van der Waals surface area contributed by atoms with Crippen molar-refractivity contribution in [3.8, 4) is 0 Å². The van der Waals surface area contributed by atoms with Gasteiger partial charge in [0.05, 0.1) is 0 Å². The number of rotatable bonds is 1. The number of carbonyl (C=O) groups is 2. The average Bonchev–Trinajstić information content (AvgIpc) is 2.23. The van der Waals surface area contributed by atoms with Crippen LogP contribution in [-0.2, 0) is 10.2 Å². The van der Waals surface area contributed by atoms with Crippen LogP contribution in [0.3, 0.4) is 0 Å². The molecule has 2 rings (SSSR count). The number of carbonyl (C=O) groups excluding carboxylic acids is 2. The minimum Gasteiger partial charge on any atom is -0.351 e. The Morgan fingerprint density at radius 3 is 2.76 bits per heavy atom. The average molecular weight is 232 g/mol. The smallest absolute Gasteiger partial charge is 0.251 e. The third kappa shape index (κ3) is 2.16. The lowest BCUT2D eigenvalue weighted by atomic mass is 9.79. The van der Waals surface area contributed by atoms with E-state index in [1.165, 1.54) is 6.92 Å². The number of anilines is 1. The molecule has 0 unspecified atom stereocenters. The molecule has 1 aromatic rings. The summed E-state index contributed by atoms with van der Waals surface area (Å²) in [5.74, 6) is -0.216. The van der Waals surface area contributed by atoms with Crippen molar-refractivity contribution in [2.75, 3.05) is 11.9 Å². The van der Waals surface area contributed by atoms with Crippen molar-refractivity contribution < 1.29 is 9.59 Å². The number of fused-ring (bicyclic) bond motifs is 1.